The number of carbonyl (C=O) groups excluding carboxylic acids is 1. The Labute approximate surface area is 265 Å². The normalized spacial score (nSPS) is 20.2. The maximum Gasteiger partial charge on any atom is 0.155 e. The van der Waals surface area contributed by atoms with E-state index in [2.05, 4.69) is 91.4 Å². The molecule has 7 heteroatoms. The van der Waals surface area contributed by atoms with Gasteiger partial charge in [0.15, 0.2) is 5.82 Å². The molecule has 0 amide bonds. The lowest BCUT2D eigenvalue weighted by Gasteiger charge is -2.20. The van der Waals surface area contributed by atoms with Gasteiger partial charge in [-0.3, -0.25) is 5.01 Å². The molecule has 44 heavy (non-hydrogen) atoms. The van der Waals surface area contributed by atoms with E-state index in [1.807, 2.05) is 42.6 Å². The molecule has 3 aliphatic rings. The van der Waals surface area contributed by atoms with E-state index in [0.29, 0.717) is 11.7 Å². The van der Waals surface area contributed by atoms with Crippen molar-refractivity contribution in [2.24, 2.45) is 16.8 Å². The summed E-state index contributed by atoms with van der Waals surface area (Å²) in [5, 5.41) is 13.3. The Bertz CT molecular complexity index is 1270. The van der Waals surface area contributed by atoms with E-state index < -0.39 is 0 Å². The van der Waals surface area contributed by atoms with Gasteiger partial charge in [0.25, 0.3) is 0 Å². The minimum atomic E-state index is 0. The minimum absolute atomic E-state index is 0. The molecule has 1 aromatic rings. The molecular formula is C37H52N6O. The molecule has 0 saturated carbocycles. The van der Waals surface area contributed by atoms with Crippen molar-refractivity contribution in [2.75, 3.05) is 6.54 Å². The van der Waals surface area contributed by atoms with Crippen molar-refractivity contribution in [2.45, 2.75) is 71.9 Å². The van der Waals surface area contributed by atoms with E-state index in [1.54, 1.807) is 5.57 Å². The summed E-state index contributed by atoms with van der Waals surface area (Å²) < 4.78 is 0. The molecule has 0 bridgehead atoms. The second-order valence-corrected chi connectivity index (χ2v) is 11.0. The van der Waals surface area contributed by atoms with Gasteiger partial charge in [0.05, 0.1) is 0 Å². The van der Waals surface area contributed by atoms with Gasteiger partial charge in [0.1, 0.15) is 6.29 Å². The van der Waals surface area contributed by atoms with Crippen LogP contribution in [-0.4, -0.2) is 36.3 Å². The highest BCUT2D eigenvalue weighted by Gasteiger charge is 2.16. The number of nitrogens with one attached hydrogen (secondary N) is 3. The van der Waals surface area contributed by atoms with E-state index in [1.165, 1.54) is 31.0 Å². The van der Waals surface area contributed by atoms with Crippen molar-refractivity contribution in [1.29, 1.82) is 5.41 Å². The van der Waals surface area contributed by atoms with Crippen LogP contribution >= 0.6 is 0 Å². The summed E-state index contributed by atoms with van der Waals surface area (Å²) >= 11 is 0. The molecule has 236 valence electrons. The van der Waals surface area contributed by atoms with Gasteiger partial charge < -0.3 is 21.7 Å². The fourth-order valence-corrected chi connectivity index (χ4v) is 4.78. The average molecular weight is 597 g/mol. The number of rotatable bonds is 14. The number of aliphatic imine (C=N–C) groups is 1. The minimum Gasteiger partial charge on any atom is -0.344 e. The second kappa shape index (κ2) is 20.9. The third-order valence-electron chi connectivity index (χ3n) is 7.65. The predicted octanol–water partition coefficient (Wildman–Crippen LogP) is 7.92. The van der Waals surface area contributed by atoms with Crippen LogP contribution in [0.15, 0.2) is 113 Å². The van der Waals surface area contributed by atoms with E-state index in [-0.39, 0.29) is 18.1 Å². The summed E-state index contributed by atoms with van der Waals surface area (Å²) in [5.74, 6) is 1.15. The molecule has 0 fully saturated rings. The zero-order chi connectivity index (χ0) is 30.7. The van der Waals surface area contributed by atoms with Gasteiger partial charge in [-0.15, -0.1) is 0 Å². The molecule has 1 aromatic carbocycles. The van der Waals surface area contributed by atoms with Crippen molar-refractivity contribution >= 4 is 18.7 Å². The van der Waals surface area contributed by atoms with E-state index in [0.717, 1.165) is 49.8 Å². The smallest absolute Gasteiger partial charge is 0.155 e. The van der Waals surface area contributed by atoms with E-state index in [4.69, 9.17) is 10.4 Å². The molecule has 6 N–H and O–H groups in total. The molecule has 0 spiro atoms. The van der Waals surface area contributed by atoms with Crippen LogP contribution in [0.4, 0.5) is 0 Å². The van der Waals surface area contributed by atoms with Crippen LogP contribution in [0.2, 0.25) is 0 Å². The molecule has 4 rings (SSSR count). The van der Waals surface area contributed by atoms with Crippen LogP contribution in [0.25, 0.3) is 0 Å². The summed E-state index contributed by atoms with van der Waals surface area (Å²) in [6.07, 6.45) is 33.9. The largest absolute Gasteiger partial charge is 0.344 e. The molecule has 0 saturated heterocycles. The molecule has 3 unspecified atom stereocenters. The van der Waals surface area contributed by atoms with Crippen LogP contribution in [0, 0.1) is 17.2 Å². The van der Waals surface area contributed by atoms with Gasteiger partial charge in [0.2, 0.25) is 0 Å². The number of hydrogen-bond donors (Lipinski definition) is 4. The quantitative estimate of drug-likeness (QED) is 0.0754. The highest BCUT2D eigenvalue weighted by atomic mass is 16.1. The summed E-state index contributed by atoms with van der Waals surface area (Å²) in [6.45, 7) is 7.93. The fraction of sp³-hybridized carbons (Fsp3) is 0.378. The summed E-state index contributed by atoms with van der Waals surface area (Å²) in [6, 6.07) is 8.48. The lowest BCUT2D eigenvalue weighted by Crippen LogP contribution is -2.33. The molecular weight excluding hydrogens is 544 g/mol. The topological polar surface area (TPSA) is 116 Å². The Balaban J connectivity index is 0.000000650. The van der Waals surface area contributed by atoms with Gasteiger partial charge in [-0.25, -0.2) is 10.4 Å². The highest BCUT2D eigenvalue weighted by molar-refractivity contribution is 5.84. The first-order chi connectivity index (χ1) is 21.1. The standard InChI is InChI=1S/C29H37N5O.C8H12.H3N/c1-3-24(22-35)15-17-31-20-26-9-11-27(12-10-26)21-32-29(34-18-16-23(2)33-34)28(19-30)14-13-25-7-5-4-6-8-25;1-2-8-6-4-3-5-7-8;/h4-7,9-14,16,18-19,21-25,30-31,33H,3,8,15,17,20H2,1-2H3;3-4,6H,2,5,7H2,1H3;1H3/b14-13+,29-28-,30-19?,32-21+;;. The Hall–Kier alpha value is -3.91. The Morgan fingerprint density at radius 2 is 1.98 bits per heavy atom. The van der Waals surface area contributed by atoms with Crippen molar-refractivity contribution in [3.05, 3.63) is 119 Å². The molecule has 2 aliphatic carbocycles. The van der Waals surface area contributed by atoms with Crippen molar-refractivity contribution in [1.82, 2.24) is 21.9 Å². The Morgan fingerprint density at radius 1 is 1.16 bits per heavy atom. The lowest BCUT2D eigenvalue weighted by molar-refractivity contribution is -0.111. The summed E-state index contributed by atoms with van der Waals surface area (Å²) in [7, 11) is 0. The van der Waals surface area contributed by atoms with Crippen LogP contribution in [0.5, 0.6) is 0 Å². The first-order valence-corrected chi connectivity index (χ1v) is 15.7. The van der Waals surface area contributed by atoms with Crippen LogP contribution in [0.3, 0.4) is 0 Å². The molecule has 1 heterocycles. The Kier molecular flexibility index (Phi) is 17.2. The molecule has 7 nitrogen and oxygen atoms in total. The molecule has 0 radical (unpaired) electrons. The van der Waals surface area contributed by atoms with Crippen LogP contribution < -0.4 is 16.9 Å². The Morgan fingerprint density at radius 3 is 2.55 bits per heavy atom. The van der Waals surface area contributed by atoms with Gasteiger partial charge in [-0.05, 0) is 75.1 Å². The average Bonchev–Trinajstić information content (AvgIpc) is 3.50. The molecule has 0 aromatic heterocycles. The molecule has 1 aliphatic heterocycles. The first-order valence-electron chi connectivity index (χ1n) is 15.7. The number of benzene rings is 1. The van der Waals surface area contributed by atoms with Crippen LogP contribution in [-0.2, 0) is 11.3 Å². The fourth-order valence-electron chi connectivity index (χ4n) is 4.78. The monoisotopic (exact) mass is 596 g/mol. The zero-order valence-corrected chi connectivity index (χ0v) is 26.8. The van der Waals surface area contributed by atoms with Gasteiger partial charge in [-0.2, -0.15) is 0 Å². The van der Waals surface area contributed by atoms with Crippen molar-refractivity contribution < 1.29 is 4.79 Å². The third-order valence-corrected chi connectivity index (χ3v) is 7.65. The maximum atomic E-state index is 10.9. The highest BCUT2D eigenvalue weighted by Crippen LogP contribution is 2.19. The lowest BCUT2D eigenvalue weighted by atomic mass is 9.99. The SMILES string of the molecule is CCC(C=O)CCNCc1ccc(/C=N/C(=C(C=N)\C=C\C2C=CC=CC2)N2C=CC(C)N2)cc1.CCC1=CC=CCC1.N. The zero-order valence-electron chi connectivity index (χ0n) is 26.8. The van der Waals surface area contributed by atoms with Gasteiger partial charge >= 0.3 is 0 Å². The number of aldehydes is 1. The number of allylic oxidation sites excluding steroid dienone is 11. The maximum absolute atomic E-state index is 10.9. The van der Waals surface area contributed by atoms with Crippen molar-refractivity contribution in [3.63, 3.8) is 0 Å². The van der Waals surface area contributed by atoms with Gasteiger partial charge in [0, 0.05) is 42.7 Å². The van der Waals surface area contributed by atoms with Crippen LogP contribution in [0.1, 0.15) is 70.4 Å². The van der Waals surface area contributed by atoms with Gasteiger partial charge in [-0.1, -0.05) is 98.4 Å². The summed E-state index contributed by atoms with van der Waals surface area (Å²) in [5.41, 5.74) is 7.86. The summed E-state index contributed by atoms with van der Waals surface area (Å²) in [4.78, 5) is 15.7. The van der Waals surface area contributed by atoms with E-state index >= 15 is 0 Å². The second-order valence-electron chi connectivity index (χ2n) is 11.0. The molecule has 3 atom stereocenters. The number of hydrogen-bond acceptors (Lipinski definition) is 7. The van der Waals surface area contributed by atoms with E-state index in [9.17, 15) is 4.79 Å². The first kappa shape index (κ1) is 36.3. The number of nitrogens with zero attached hydrogens (tertiary/aromatic N) is 2. The predicted molar refractivity (Wildman–Crippen MR) is 187 cm³/mol. The third kappa shape index (κ3) is 12.8. The van der Waals surface area contributed by atoms with Crippen molar-refractivity contribution in [3.8, 4) is 0 Å². The number of hydrazine groups is 1. The number of carbonyl (C=O) groups is 1.